The number of rotatable bonds is 9. The van der Waals surface area contributed by atoms with Gasteiger partial charge in [0.2, 0.25) is 0 Å². The maximum absolute atomic E-state index is 2.47. The fourth-order valence-corrected chi connectivity index (χ4v) is 9.69. The second-order valence-electron chi connectivity index (χ2n) is 16.0. The van der Waals surface area contributed by atoms with Gasteiger partial charge in [-0.3, -0.25) is 0 Å². The van der Waals surface area contributed by atoms with Gasteiger partial charge >= 0.3 is 0 Å². The summed E-state index contributed by atoms with van der Waals surface area (Å²) in [6.45, 7) is 0. The average molecular weight is 790 g/mol. The molecule has 0 aliphatic heterocycles. The first-order chi connectivity index (χ1) is 30.8. The van der Waals surface area contributed by atoms with Gasteiger partial charge in [0.05, 0.1) is 5.41 Å². The van der Waals surface area contributed by atoms with E-state index in [4.69, 9.17) is 0 Å². The van der Waals surface area contributed by atoms with Crippen molar-refractivity contribution in [2.75, 3.05) is 4.90 Å². The molecular formula is C61H43N. The molecule has 11 rings (SSSR count). The Hall–Kier alpha value is -8.00. The molecular weight excluding hydrogens is 747 g/mol. The lowest BCUT2D eigenvalue weighted by atomic mass is 9.67. The Bertz CT molecular complexity index is 3020. The number of fused-ring (bicyclic) bond motifs is 3. The van der Waals surface area contributed by atoms with Gasteiger partial charge in [-0.05, 0) is 114 Å². The molecule has 1 nitrogen and oxygen atoms in total. The van der Waals surface area contributed by atoms with Crippen LogP contribution in [0.2, 0.25) is 0 Å². The highest BCUT2D eigenvalue weighted by molar-refractivity contribution is 5.97. The van der Waals surface area contributed by atoms with Crippen LogP contribution in [0.3, 0.4) is 0 Å². The highest BCUT2D eigenvalue weighted by Gasteiger charge is 2.47. The van der Waals surface area contributed by atoms with Crippen LogP contribution in [0.15, 0.2) is 261 Å². The monoisotopic (exact) mass is 789 g/mol. The normalized spacial score (nSPS) is 13.9. The number of hydrogen-bond donors (Lipinski definition) is 0. The van der Waals surface area contributed by atoms with Crippen LogP contribution in [-0.2, 0) is 5.41 Å². The zero-order valence-electron chi connectivity index (χ0n) is 34.3. The minimum absolute atomic E-state index is 0.609. The second-order valence-corrected chi connectivity index (χ2v) is 16.0. The molecule has 0 amide bonds. The van der Waals surface area contributed by atoms with Crippen LogP contribution in [-0.4, -0.2) is 0 Å². The van der Waals surface area contributed by atoms with E-state index in [9.17, 15) is 0 Å². The summed E-state index contributed by atoms with van der Waals surface area (Å²) in [5.41, 5.74) is 19.9. The summed E-state index contributed by atoms with van der Waals surface area (Å²) in [7, 11) is 0. The van der Waals surface area contributed by atoms with Crippen molar-refractivity contribution in [3.63, 3.8) is 0 Å². The predicted octanol–water partition coefficient (Wildman–Crippen LogP) is 16.2. The van der Waals surface area contributed by atoms with Gasteiger partial charge in [-0.1, -0.05) is 224 Å². The molecule has 0 saturated heterocycles. The SMILES string of the molecule is c1ccc(-c2ccc(N(c3ccc(-c4ccccc4)cc3)c3ccc4c(c3)C(c3ccccc3)(c3ccc(-c5ccccc5)cc3)c3cccc(-c5ccccc5)c3-4)cc2)cc1. The lowest BCUT2D eigenvalue weighted by Crippen LogP contribution is -2.28. The van der Waals surface area contributed by atoms with E-state index >= 15 is 0 Å². The Labute approximate surface area is 364 Å². The van der Waals surface area contributed by atoms with E-state index in [1.165, 1.54) is 77.9 Å². The van der Waals surface area contributed by atoms with Crippen LogP contribution >= 0.6 is 0 Å². The molecule has 10 aromatic rings. The van der Waals surface area contributed by atoms with Gasteiger partial charge in [0.1, 0.15) is 0 Å². The van der Waals surface area contributed by atoms with Gasteiger partial charge in [-0.2, -0.15) is 0 Å². The Morgan fingerprint density at radius 3 is 1.11 bits per heavy atom. The van der Waals surface area contributed by atoms with Crippen molar-refractivity contribution in [3.05, 3.63) is 283 Å². The van der Waals surface area contributed by atoms with E-state index in [0.29, 0.717) is 0 Å². The van der Waals surface area contributed by atoms with Crippen LogP contribution in [0.5, 0.6) is 0 Å². The minimum Gasteiger partial charge on any atom is -0.310 e. The third kappa shape index (κ3) is 6.43. The van der Waals surface area contributed by atoms with Crippen molar-refractivity contribution < 1.29 is 0 Å². The summed E-state index contributed by atoms with van der Waals surface area (Å²) in [6.07, 6.45) is 0. The molecule has 0 radical (unpaired) electrons. The van der Waals surface area contributed by atoms with E-state index in [-0.39, 0.29) is 0 Å². The van der Waals surface area contributed by atoms with Gasteiger partial charge in [0, 0.05) is 17.1 Å². The number of benzene rings is 10. The van der Waals surface area contributed by atoms with Crippen molar-refractivity contribution in [1.29, 1.82) is 0 Å². The lowest BCUT2D eigenvalue weighted by molar-refractivity contribution is 0.768. The van der Waals surface area contributed by atoms with Crippen LogP contribution in [0.1, 0.15) is 22.3 Å². The Balaban J connectivity index is 1.15. The molecule has 0 heterocycles. The third-order valence-corrected chi connectivity index (χ3v) is 12.6. The van der Waals surface area contributed by atoms with E-state index in [0.717, 1.165) is 17.1 Å². The Morgan fingerprint density at radius 1 is 0.242 bits per heavy atom. The molecule has 1 aliphatic rings. The Kier molecular flexibility index (Phi) is 9.48. The first-order valence-electron chi connectivity index (χ1n) is 21.4. The topological polar surface area (TPSA) is 3.24 Å². The highest BCUT2D eigenvalue weighted by atomic mass is 15.1. The molecule has 0 bridgehead atoms. The van der Waals surface area contributed by atoms with Crippen molar-refractivity contribution in [2.45, 2.75) is 5.41 Å². The van der Waals surface area contributed by atoms with E-state index in [1.807, 2.05) is 0 Å². The molecule has 1 atom stereocenters. The first kappa shape index (κ1) is 37.0. The van der Waals surface area contributed by atoms with Crippen molar-refractivity contribution in [2.24, 2.45) is 0 Å². The summed E-state index contributed by atoms with van der Waals surface area (Å²) >= 11 is 0. The smallest absolute Gasteiger partial charge is 0.0714 e. The maximum Gasteiger partial charge on any atom is 0.0714 e. The first-order valence-corrected chi connectivity index (χ1v) is 21.4. The molecule has 0 saturated carbocycles. The molecule has 0 N–H and O–H groups in total. The standard InChI is InChI=1S/C61H43N/c1-6-17-44(18-7-1)47-29-35-52(36-30-47)61(51-25-14-5-15-26-51)58-28-16-27-56(50-23-12-4-13-24-50)60(58)57-42-41-55(43-59(57)61)62(53-37-31-48(32-38-53)45-19-8-2-9-20-45)54-39-33-49(34-40-54)46-21-10-3-11-22-46/h1-43H. The number of anilines is 3. The molecule has 1 aliphatic carbocycles. The van der Waals surface area contributed by atoms with Gasteiger partial charge in [0.15, 0.2) is 0 Å². The summed E-state index contributed by atoms with van der Waals surface area (Å²) in [5, 5.41) is 0. The molecule has 0 spiro atoms. The van der Waals surface area contributed by atoms with E-state index in [1.54, 1.807) is 0 Å². The van der Waals surface area contributed by atoms with Crippen LogP contribution < -0.4 is 4.90 Å². The largest absolute Gasteiger partial charge is 0.310 e. The fourth-order valence-electron chi connectivity index (χ4n) is 9.69. The van der Waals surface area contributed by atoms with Gasteiger partial charge in [-0.25, -0.2) is 0 Å². The van der Waals surface area contributed by atoms with Gasteiger partial charge in [0.25, 0.3) is 0 Å². The summed E-state index contributed by atoms with van der Waals surface area (Å²) < 4.78 is 0. The van der Waals surface area contributed by atoms with Crippen LogP contribution in [0.25, 0.3) is 55.6 Å². The highest BCUT2D eigenvalue weighted by Crippen LogP contribution is 2.59. The predicted molar refractivity (Wildman–Crippen MR) is 260 cm³/mol. The molecule has 1 heteroatoms. The number of nitrogens with zero attached hydrogens (tertiary/aromatic N) is 1. The molecule has 292 valence electrons. The van der Waals surface area contributed by atoms with Gasteiger partial charge in [-0.15, -0.1) is 0 Å². The summed E-state index contributed by atoms with van der Waals surface area (Å²) in [6, 6.07) is 95.3. The minimum atomic E-state index is -0.609. The molecule has 1 unspecified atom stereocenters. The van der Waals surface area contributed by atoms with E-state index < -0.39 is 5.41 Å². The molecule has 10 aromatic carbocycles. The zero-order valence-corrected chi connectivity index (χ0v) is 34.3. The summed E-state index contributed by atoms with van der Waals surface area (Å²) in [4.78, 5) is 2.42. The molecule has 62 heavy (non-hydrogen) atoms. The quantitative estimate of drug-likeness (QED) is 0.141. The van der Waals surface area contributed by atoms with Crippen LogP contribution in [0.4, 0.5) is 17.1 Å². The lowest BCUT2D eigenvalue weighted by Gasteiger charge is -2.35. The second kappa shape index (κ2) is 15.9. The third-order valence-electron chi connectivity index (χ3n) is 12.6. The van der Waals surface area contributed by atoms with Crippen molar-refractivity contribution in [3.8, 4) is 55.6 Å². The molecule has 0 fully saturated rings. The average Bonchev–Trinajstić information content (AvgIpc) is 3.66. The van der Waals surface area contributed by atoms with Crippen molar-refractivity contribution >= 4 is 17.1 Å². The zero-order chi connectivity index (χ0) is 41.3. The Morgan fingerprint density at radius 2 is 0.629 bits per heavy atom. The number of hydrogen-bond acceptors (Lipinski definition) is 1. The van der Waals surface area contributed by atoms with E-state index in [2.05, 4.69) is 266 Å². The summed E-state index contributed by atoms with van der Waals surface area (Å²) in [5.74, 6) is 0. The van der Waals surface area contributed by atoms with Crippen LogP contribution in [0, 0.1) is 0 Å². The van der Waals surface area contributed by atoms with Gasteiger partial charge < -0.3 is 4.90 Å². The molecule has 0 aromatic heterocycles. The fraction of sp³-hybridized carbons (Fsp3) is 0.0164. The van der Waals surface area contributed by atoms with Crippen molar-refractivity contribution in [1.82, 2.24) is 0 Å². The maximum atomic E-state index is 2.47.